The number of rotatable bonds is 8. The van der Waals surface area contributed by atoms with Crippen molar-refractivity contribution in [2.75, 3.05) is 10.0 Å². The maximum atomic E-state index is 12.9. The summed E-state index contributed by atoms with van der Waals surface area (Å²) in [5, 5.41) is 2.85. The summed E-state index contributed by atoms with van der Waals surface area (Å²) >= 11 is 0. The Bertz CT molecular complexity index is 1390. The Morgan fingerprint density at radius 2 is 1.56 bits per heavy atom. The Balaban J connectivity index is 1.44. The van der Waals surface area contributed by atoms with Crippen molar-refractivity contribution in [1.82, 2.24) is 9.97 Å². The average molecular weight is 473 g/mol. The number of hydrogen-bond acceptors (Lipinski definition) is 5. The van der Waals surface area contributed by atoms with Crippen molar-refractivity contribution >= 4 is 27.6 Å². The Hall–Kier alpha value is -4.04. The normalized spacial score (nSPS) is 11.1. The van der Waals surface area contributed by atoms with E-state index in [1.54, 1.807) is 31.2 Å². The van der Waals surface area contributed by atoms with Gasteiger partial charge in [-0.3, -0.25) is 4.79 Å². The molecule has 0 atom stereocenters. The first-order chi connectivity index (χ1) is 16.4. The molecule has 4 aromatic rings. The van der Waals surface area contributed by atoms with Crippen LogP contribution in [0.25, 0.3) is 0 Å². The molecule has 0 saturated heterocycles. The van der Waals surface area contributed by atoms with Gasteiger partial charge in [0.15, 0.2) is 0 Å². The van der Waals surface area contributed by atoms with Gasteiger partial charge < -0.3 is 5.32 Å². The number of anilines is 2. The lowest BCUT2D eigenvalue weighted by Gasteiger charge is -2.11. The topological polar surface area (TPSA) is 101 Å². The minimum Gasteiger partial charge on any atom is -0.322 e. The van der Waals surface area contributed by atoms with Gasteiger partial charge in [0.05, 0.1) is 4.90 Å². The molecule has 8 heteroatoms. The van der Waals surface area contributed by atoms with Crippen LogP contribution in [0.1, 0.15) is 27.2 Å². The third kappa shape index (κ3) is 5.85. The highest BCUT2D eigenvalue weighted by Gasteiger charge is 2.17. The van der Waals surface area contributed by atoms with E-state index in [0.29, 0.717) is 16.9 Å². The largest absolute Gasteiger partial charge is 0.322 e. The third-order valence-corrected chi connectivity index (χ3v) is 6.57. The fraction of sp³-hybridized carbons (Fsp3) is 0.115. The summed E-state index contributed by atoms with van der Waals surface area (Å²) in [5.74, 6) is -0.241. The van der Waals surface area contributed by atoms with Gasteiger partial charge in [0.25, 0.3) is 15.9 Å². The lowest BCUT2D eigenvalue weighted by atomic mass is 9.99. The molecule has 0 aliphatic carbocycles. The molecule has 0 aliphatic rings. The lowest BCUT2D eigenvalue weighted by Crippen LogP contribution is -2.16. The average Bonchev–Trinajstić information content (AvgIpc) is 2.83. The Kier molecular flexibility index (Phi) is 6.98. The van der Waals surface area contributed by atoms with E-state index in [-0.39, 0.29) is 16.8 Å². The Morgan fingerprint density at radius 3 is 2.29 bits per heavy atom. The highest BCUT2D eigenvalue weighted by Crippen LogP contribution is 2.19. The zero-order valence-electron chi connectivity index (χ0n) is 18.6. The van der Waals surface area contributed by atoms with Gasteiger partial charge in [0.2, 0.25) is 5.95 Å². The van der Waals surface area contributed by atoms with E-state index in [1.165, 1.54) is 23.9 Å². The molecule has 7 nitrogen and oxygen atoms in total. The van der Waals surface area contributed by atoms with Gasteiger partial charge in [-0.05, 0) is 67.3 Å². The summed E-state index contributed by atoms with van der Waals surface area (Å²) in [7, 11) is -3.86. The van der Waals surface area contributed by atoms with Crippen LogP contribution in [0.2, 0.25) is 0 Å². The minimum absolute atomic E-state index is 0.00416. The van der Waals surface area contributed by atoms with Crippen LogP contribution in [0.15, 0.2) is 96.0 Å². The molecule has 1 amide bonds. The van der Waals surface area contributed by atoms with E-state index in [2.05, 4.69) is 32.1 Å². The quantitative estimate of drug-likeness (QED) is 0.390. The first-order valence-corrected chi connectivity index (χ1v) is 12.2. The molecular weight excluding hydrogens is 448 g/mol. The van der Waals surface area contributed by atoms with Gasteiger partial charge in [0.1, 0.15) is 0 Å². The molecule has 0 fully saturated rings. The number of carbonyl (C=O) groups is 1. The molecule has 0 aliphatic heterocycles. The van der Waals surface area contributed by atoms with E-state index < -0.39 is 10.0 Å². The van der Waals surface area contributed by atoms with Gasteiger partial charge >= 0.3 is 0 Å². The van der Waals surface area contributed by atoms with Crippen LogP contribution in [-0.4, -0.2) is 24.3 Å². The van der Waals surface area contributed by atoms with Gasteiger partial charge in [-0.15, -0.1) is 0 Å². The Labute approximate surface area is 199 Å². The van der Waals surface area contributed by atoms with Gasteiger partial charge in [0, 0.05) is 23.1 Å². The molecule has 3 aromatic carbocycles. The molecule has 0 bridgehead atoms. The minimum atomic E-state index is -3.86. The van der Waals surface area contributed by atoms with Crippen molar-refractivity contribution in [3.8, 4) is 0 Å². The maximum absolute atomic E-state index is 12.9. The van der Waals surface area contributed by atoms with Gasteiger partial charge in [-0.25, -0.2) is 23.1 Å². The molecule has 1 heterocycles. The number of benzene rings is 3. The highest BCUT2D eigenvalue weighted by molar-refractivity contribution is 7.92. The molecule has 0 spiro atoms. The highest BCUT2D eigenvalue weighted by atomic mass is 32.2. The van der Waals surface area contributed by atoms with Gasteiger partial charge in [-0.2, -0.15) is 0 Å². The monoisotopic (exact) mass is 472 g/mol. The van der Waals surface area contributed by atoms with E-state index >= 15 is 0 Å². The van der Waals surface area contributed by atoms with Crippen molar-refractivity contribution in [2.45, 2.75) is 24.7 Å². The number of aryl methyl sites for hydroxylation is 3. The molecule has 0 radical (unpaired) electrons. The number of amides is 1. The smallest absolute Gasteiger partial charge is 0.264 e. The first-order valence-electron chi connectivity index (χ1n) is 10.8. The molecule has 0 saturated carbocycles. The van der Waals surface area contributed by atoms with Crippen molar-refractivity contribution in [3.05, 3.63) is 114 Å². The standard InChI is InChI=1S/C26H24N4O3S/c1-19-17-18-27-26(28-19)30-34(32,33)23-15-13-22(14-16-23)29-25(31)24-10-6-5-9-21(24)12-11-20-7-3-2-4-8-20/h2-10,13-18H,11-12H2,1H3,(H,29,31)(H,27,28,30). The molecular formula is C26H24N4O3S. The van der Waals surface area contributed by atoms with E-state index in [0.717, 1.165) is 18.4 Å². The second kappa shape index (κ2) is 10.3. The van der Waals surface area contributed by atoms with Gasteiger partial charge in [-0.1, -0.05) is 48.5 Å². The molecule has 172 valence electrons. The van der Waals surface area contributed by atoms with E-state index in [9.17, 15) is 13.2 Å². The summed E-state index contributed by atoms with van der Waals surface area (Å²) in [6.07, 6.45) is 3.04. The second-order valence-corrected chi connectivity index (χ2v) is 9.43. The summed E-state index contributed by atoms with van der Waals surface area (Å²) in [5.41, 5.74) is 3.89. The van der Waals surface area contributed by atoms with Crippen molar-refractivity contribution in [3.63, 3.8) is 0 Å². The van der Waals surface area contributed by atoms with Crippen LogP contribution < -0.4 is 10.0 Å². The molecule has 2 N–H and O–H groups in total. The van der Waals surface area contributed by atoms with E-state index in [4.69, 9.17) is 0 Å². The number of sulfonamides is 1. The third-order valence-electron chi connectivity index (χ3n) is 5.23. The van der Waals surface area contributed by atoms with Crippen LogP contribution in [-0.2, 0) is 22.9 Å². The van der Waals surface area contributed by atoms with Crippen LogP contribution in [0, 0.1) is 6.92 Å². The predicted octanol–water partition coefficient (Wildman–Crippen LogP) is 4.62. The number of nitrogens with one attached hydrogen (secondary N) is 2. The fourth-order valence-corrected chi connectivity index (χ4v) is 4.43. The lowest BCUT2D eigenvalue weighted by molar-refractivity contribution is 0.102. The SMILES string of the molecule is Cc1ccnc(NS(=O)(=O)c2ccc(NC(=O)c3ccccc3CCc3ccccc3)cc2)n1. The van der Waals surface area contributed by atoms with Crippen LogP contribution in [0.3, 0.4) is 0 Å². The zero-order valence-corrected chi connectivity index (χ0v) is 19.4. The van der Waals surface area contributed by atoms with Crippen LogP contribution in [0.5, 0.6) is 0 Å². The fourth-order valence-electron chi connectivity index (χ4n) is 3.48. The number of carbonyl (C=O) groups excluding carboxylic acids is 1. The molecule has 1 aromatic heterocycles. The van der Waals surface area contributed by atoms with Crippen LogP contribution >= 0.6 is 0 Å². The first kappa shape index (κ1) is 23.1. The zero-order chi connectivity index (χ0) is 24.0. The second-order valence-electron chi connectivity index (χ2n) is 7.75. The van der Waals surface area contributed by atoms with E-state index in [1.807, 2.05) is 36.4 Å². The van der Waals surface area contributed by atoms with Crippen molar-refractivity contribution in [1.29, 1.82) is 0 Å². The predicted molar refractivity (Wildman–Crippen MR) is 132 cm³/mol. The molecule has 0 unspecified atom stereocenters. The number of aromatic nitrogens is 2. The van der Waals surface area contributed by atoms with Crippen molar-refractivity contribution < 1.29 is 13.2 Å². The summed E-state index contributed by atoms with van der Waals surface area (Å²) in [4.78, 5) is 21.0. The number of nitrogens with zero attached hydrogens (tertiary/aromatic N) is 2. The molecule has 4 rings (SSSR count). The van der Waals surface area contributed by atoms with Crippen molar-refractivity contribution in [2.24, 2.45) is 0 Å². The number of hydrogen-bond donors (Lipinski definition) is 2. The summed E-state index contributed by atoms with van der Waals surface area (Å²) in [6, 6.07) is 25.2. The summed E-state index contributed by atoms with van der Waals surface area (Å²) in [6.45, 7) is 1.75. The Morgan fingerprint density at radius 1 is 0.853 bits per heavy atom. The summed E-state index contributed by atoms with van der Waals surface area (Å²) < 4.78 is 27.6. The molecule has 34 heavy (non-hydrogen) atoms. The van der Waals surface area contributed by atoms with Crippen LogP contribution in [0.4, 0.5) is 11.6 Å². The maximum Gasteiger partial charge on any atom is 0.264 e.